The average molecular weight is 354 g/mol. The molecule has 1 aliphatic rings. The molecule has 1 fully saturated rings. The van der Waals surface area contributed by atoms with E-state index in [0.717, 1.165) is 21.8 Å². The number of aryl methyl sites for hydroxylation is 1. The molecule has 130 valence electrons. The minimum Gasteiger partial charge on any atom is -0.348 e. The van der Waals surface area contributed by atoms with Crippen LogP contribution in [0.15, 0.2) is 18.7 Å². The van der Waals surface area contributed by atoms with E-state index in [2.05, 4.69) is 25.3 Å². The Bertz CT molecular complexity index is 811. The number of hydrogen-bond acceptors (Lipinski definition) is 6. The number of sulfonamides is 1. The zero-order valence-corrected chi connectivity index (χ0v) is 14.2. The monoisotopic (exact) mass is 354 g/mol. The fraction of sp³-hybridized carbons (Fsp3) is 0.500. The Kier molecular flexibility index (Phi) is 4.50. The van der Waals surface area contributed by atoms with Gasteiger partial charge < -0.3 is 10.3 Å². The Morgan fingerprint density at radius 3 is 2.83 bits per heavy atom. The molecule has 24 heavy (non-hydrogen) atoms. The van der Waals surface area contributed by atoms with Gasteiger partial charge in [-0.2, -0.15) is 4.31 Å². The van der Waals surface area contributed by atoms with Gasteiger partial charge >= 0.3 is 0 Å². The zero-order valence-electron chi connectivity index (χ0n) is 13.4. The Hall–Kier alpha value is -2.07. The fourth-order valence-electron chi connectivity index (χ4n) is 2.68. The first-order valence-electron chi connectivity index (χ1n) is 7.52. The summed E-state index contributed by atoms with van der Waals surface area (Å²) < 4.78 is 38.5. The van der Waals surface area contributed by atoms with E-state index in [1.54, 1.807) is 18.7 Å². The van der Waals surface area contributed by atoms with Crippen LogP contribution in [0.3, 0.4) is 0 Å². The summed E-state index contributed by atoms with van der Waals surface area (Å²) in [6.07, 6.45) is 4.99. The first kappa shape index (κ1) is 16.8. The van der Waals surface area contributed by atoms with E-state index in [9.17, 15) is 12.8 Å². The highest BCUT2D eigenvalue weighted by atomic mass is 32.2. The second kappa shape index (κ2) is 6.44. The summed E-state index contributed by atoms with van der Waals surface area (Å²) >= 11 is 0. The fourth-order valence-corrected chi connectivity index (χ4v) is 3.53. The van der Waals surface area contributed by atoms with Crippen LogP contribution in [0.4, 0.5) is 10.3 Å². The Morgan fingerprint density at radius 2 is 2.21 bits per heavy atom. The van der Waals surface area contributed by atoms with Gasteiger partial charge in [0, 0.05) is 19.3 Å². The molecular formula is C14H19FN6O2S. The van der Waals surface area contributed by atoms with Gasteiger partial charge in [-0.25, -0.2) is 27.8 Å². The molecule has 3 rings (SSSR count). The highest BCUT2D eigenvalue weighted by Gasteiger charge is 2.33. The van der Waals surface area contributed by atoms with Crippen LogP contribution in [-0.4, -0.2) is 64.2 Å². The van der Waals surface area contributed by atoms with Crippen LogP contribution in [-0.2, 0) is 10.0 Å². The number of nitrogens with zero attached hydrogens (tertiary/aromatic N) is 4. The first-order chi connectivity index (χ1) is 11.3. The van der Waals surface area contributed by atoms with Crippen molar-refractivity contribution >= 4 is 16.0 Å². The molecule has 2 N–H and O–H groups in total. The molecule has 0 bridgehead atoms. The molecule has 3 heterocycles. The van der Waals surface area contributed by atoms with E-state index in [4.69, 9.17) is 0 Å². The summed E-state index contributed by atoms with van der Waals surface area (Å²) in [5, 5.41) is 2.98. The van der Waals surface area contributed by atoms with Gasteiger partial charge in [-0.05, 0) is 18.9 Å². The molecule has 0 aliphatic carbocycles. The lowest BCUT2D eigenvalue weighted by Crippen LogP contribution is -2.49. The molecule has 2 aromatic rings. The topological polar surface area (TPSA) is 104 Å². The first-order valence-corrected chi connectivity index (χ1v) is 9.37. The Morgan fingerprint density at radius 1 is 1.42 bits per heavy atom. The van der Waals surface area contributed by atoms with E-state index in [0.29, 0.717) is 18.1 Å². The third-order valence-electron chi connectivity index (χ3n) is 4.01. The van der Waals surface area contributed by atoms with Crippen LogP contribution < -0.4 is 5.32 Å². The number of nitrogens with one attached hydrogen (secondary N) is 2. The largest absolute Gasteiger partial charge is 0.348 e. The normalized spacial score (nSPS) is 22.5. The van der Waals surface area contributed by atoms with Crippen LogP contribution in [0.25, 0.3) is 11.4 Å². The summed E-state index contributed by atoms with van der Waals surface area (Å²) in [6.45, 7) is 1.99. The highest BCUT2D eigenvalue weighted by molar-refractivity contribution is 7.88. The van der Waals surface area contributed by atoms with Gasteiger partial charge in [-0.3, -0.25) is 0 Å². The number of aromatic nitrogens is 4. The number of piperidine rings is 1. The average Bonchev–Trinajstić information content (AvgIpc) is 3.04. The number of H-pyrrole nitrogens is 1. The molecule has 2 aromatic heterocycles. The molecule has 8 nitrogen and oxygen atoms in total. The van der Waals surface area contributed by atoms with Crippen LogP contribution in [0.1, 0.15) is 12.0 Å². The van der Waals surface area contributed by atoms with E-state index in [1.807, 2.05) is 6.92 Å². The van der Waals surface area contributed by atoms with Gasteiger partial charge in [0.15, 0.2) is 0 Å². The second-order valence-corrected chi connectivity index (χ2v) is 7.85. The van der Waals surface area contributed by atoms with Crippen LogP contribution in [0.2, 0.25) is 0 Å². The quantitative estimate of drug-likeness (QED) is 0.847. The van der Waals surface area contributed by atoms with E-state index >= 15 is 0 Å². The van der Waals surface area contributed by atoms with Gasteiger partial charge in [0.2, 0.25) is 16.0 Å². The Balaban J connectivity index is 1.74. The van der Waals surface area contributed by atoms with Gasteiger partial charge in [0.05, 0.1) is 36.2 Å². The molecule has 0 saturated carbocycles. The smallest absolute Gasteiger partial charge is 0.223 e. The number of anilines is 1. The predicted molar refractivity (Wildman–Crippen MR) is 87.7 cm³/mol. The van der Waals surface area contributed by atoms with Crippen molar-refractivity contribution < 1.29 is 12.8 Å². The molecule has 0 spiro atoms. The molecule has 0 unspecified atom stereocenters. The van der Waals surface area contributed by atoms with Crippen molar-refractivity contribution in [3.05, 3.63) is 24.3 Å². The van der Waals surface area contributed by atoms with Crippen molar-refractivity contribution in [2.45, 2.75) is 25.6 Å². The van der Waals surface area contributed by atoms with Gasteiger partial charge in [0.25, 0.3) is 0 Å². The minimum atomic E-state index is -3.37. The van der Waals surface area contributed by atoms with Crippen LogP contribution >= 0.6 is 0 Å². The third-order valence-corrected chi connectivity index (χ3v) is 5.28. The van der Waals surface area contributed by atoms with E-state index in [-0.39, 0.29) is 13.1 Å². The number of alkyl halides is 1. The highest BCUT2D eigenvalue weighted by Crippen LogP contribution is 2.22. The molecule has 1 saturated heterocycles. The number of imidazole rings is 1. The minimum absolute atomic E-state index is 0.157. The summed E-state index contributed by atoms with van der Waals surface area (Å²) in [6, 6.07) is -0.527. The van der Waals surface area contributed by atoms with Crippen molar-refractivity contribution in [1.29, 1.82) is 0 Å². The molecule has 1 aliphatic heterocycles. The standard InChI is InChI=1S/C14H19FN6O2S/c1-9-5-17-14(20-13(9)12-6-16-8-18-12)19-11-3-4-21(7-10(11)15)24(2,22)23/h5-6,8,10-11H,3-4,7H2,1-2H3,(H,16,18)(H,17,19,20)/t10-,11-/m1/s1. The van der Waals surface area contributed by atoms with Crippen LogP contribution in [0, 0.1) is 6.92 Å². The van der Waals surface area contributed by atoms with Gasteiger partial charge in [-0.1, -0.05) is 0 Å². The maximum absolute atomic E-state index is 14.3. The lowest BCUT2D eigenvalue weighted by Gasteiger charge is -2.33. The summed E-state index contributed by atoms with van der Waals surface area (Å²) in [7, 11) is -3.37. The molecule has 2 atom stereocenters. The predicted octanol–water partition coefficient (Wildman–Crippen LogP) is 0.959. The van der Waals surface area contributed by atoms with Crippen molar-refractivity contribution in [2.75, 3.05) is 24.7 Å². The number of halogens is 1. The lowest BCUT2D eigenvalue weighted by atomic mass is 10.1. The van der Waals surface area contributed by atoms with Crippen molar-refractivity contribution in [2.24, 2.45) is 0 Å². The second-order valence-electron chi connectivity index (χ2n) is 5.87. The molecule has 0 amide bonds. The maximum Gasteiger partial charge on any atom is 0.223 e. The van der Waals surface area contributed by atoms with Crippen molar-refractivity contribution in [1.82, 2.24) is 24.2 Å². The lowest BCUT2D eigenvalue weighted by molar-refractivity contribution is 0.186. The van der Waals surface area contributed by atoms with E-state index < -0.39 is 22.2 Å². The SMILES string of the molecule is Cc1cnc(N[C@@H]2CCN(S(C)(=O)=O)C[C@H]2F)nc1-c1cnc[nH]1. The van der Waals surface area contributed by atoms with E-state index in [1.165, 1.54) is 0 Å². The number of hydrogen-bond donors (Lipinski definition) is 2. The van der Waals surface area contributed by atoms with Gasteiger partial charge in [0.1, 0.15) is 6.17 Å². The Labute approximate surface area is 139 Å². The zero-order chi connectivity index (χ0) is 17.3. The van der Waals surface area contributed by atoms with Gasteiger partial charge in [-0.15, -0.1) is 0 Å². The third kappa shape index (κ3) is 3.54. The van der Waals surface area contributed by atoms with Crippen molar-refractivity contribution in [3.8, 4) is 11.4 Å². The summed E-state index contributed by atoms with van der Waals surface area (Å²) in [5.74, 6) is 0.311. The molecule has 10 heteroatoms. The molecular weight excluding hydrogens is 335 g/mol. The van der Waals surface area contributed by atoms with Crippen LogP contribution in [0.5, 0.6) is 0 Å². The number of rotatable bonds is 4. The molecule has 0 radical (unpaired) electrons. The summed E-state index contributed by atoms with van der Waals surface area (Å²) in [4.78, 5) is 15.6. The molecule has 0 aromatic carbocycles. The number of aromatic amines is 1. The summed E-state index contributed by atoms with van der Waals surface area (Å²) in [5.41, 5.74) is 2.31. The maximum atomic E-state index is 14.3. The van der Waals surface area contributed by atoms with Crippen molar-refractivity contribution in [3.63, 3.8) is 0 Å².